The maximum atomic E-state index is 12.4. The Labute approximate surface area is 170 Å². The van der Waals surface area contributed by atoms with Gasteiger partial charge in [0.1, 0.15) is 5.75 Å². The van der Waals surface area contributed by atoms with E-state index < -0.39 is 5.91 Å². The van der Waals surface area contributed by atoms with E-state index in [-0.39, 0.29) is 5.88 Å². The van der Waals surface area contributed by atoms with Crippen molar-refractivity contribution in [2.24, 2.45) is 10.2 Å². The van der Waals surface area contributed by atoms with Crippen LogP contribution in [0.1, 0.15) is 24.2 Å². The van der Waals surface area contributed by atoms with Crippen LogP contribution in [0.2, 0.25) is 0 Å². The van der Waals surface area contributed by atoms with Crippen LogP contribution in [0.5, 0.6) is 11.6 Å². The maximum Gasteiger partial charge on any atom is 0.295 e. The van der Waals surface area contributed by atoms with Gasteiger partial charge in [0.25, 0.3) is 5.91 Å². The van der Waals surface area contributed by atoms with Gasteiger partial charge in [-0.05, 0) is 43.4 Å². The van der Waals surface area contributed by atoms with Crippen LogP contribution in [0, 0.1) is 0 Å². The molecule has 0 spiro atoms. The van der Waals surface area contributed by atoms with Crippen molar-refractivity contribution in [1.82, 2.24) is 9.47 Å². The zero-order valence-electron chi connectivity index (χ0n) is 17.0. The maximum absolute atomic E-state index is 12.4. The van der Waals surface area contributed by atoms with Crippen LogP contribution in [-0.2, 0) is 6.54 Å². The number of rotatable bonds is 8. The molecule has 0 atom stereocenters. The molecule has 29 heavy (non-hydrogen) atoms. The van der Waals surface area contributed by atoms with Crippen LogP contribution in [0.3, 0.4) is 0 Å². The van der Waals surface area contributed by atoms with Crippen molar-refractivity contribution >= 4 is 22.5 Å². The van der Waals surface area contributed by atoms with Gasteiger partial charge in [-0.2, -0.15) is 0 Å². The molecule has 1 heterocycles. The van der Waals surface area contributed by atoms with Crippen LogP contribution in [0.25, 0.3) is 10.9 Å². The summed E-state index contributed by atoms with van der Waals surface area (Å²) in [5.74, 6) is 0.198. The molecule has 3 aromatic rings. The number of aromatic nitrogens is 1. The number of hydrogen-bond acceptors (Lipinski definition) is 5. The number of carbonyl (C=O) groups excluding carboxylic acids is 1. The van der Waals surface area contributed by atoms with Gasteiger partial charge in [-0.3, -0.25) is 4.79 Å². The van der Waals surface area contributed by atoms with Crippen molar-refractivity contribution in [1.29, 1.82) is 0 Å². The molecule has 152 valence electrons. The Morgan fingerprint density at radius 2 is 1.79 bits per heavy atom. The molecule has 0 unspecified atom stereocenters. The summed E-state index contributed by atoms with van der Waals surface area (Å²) in [5.41, 5.74) is 1.57. The molecule has 7 heteroatoms. The van der Waals surface area contributed by atoms with Crippen molar-refractivity contribution in [3.05, 3.63) is 54.1 Å². The first kappa shape index (κ1) is 20.5. The molecule has 0 aliphatic rings. The van der Waals surface area contributed by atoms with E-state index in [2.05, 4.69) is 29.0 Å². The third kappa shape index (κ3) is 4.46. The van der Waals surface area contributed by atoms with Crippen molar-refractivity contribution in [2.75, 3.05) is 26.7 Å². The number of likely N-dealkylation sites (N-methyl/N-ethyl adjacent to an activating group) is 1. The quantitative estimate of drug-likeness (QED) is 0.565. The second kappa shape index (κ2) is 9.34. The van der Waals surface area contributed by atoms with E-state index in [1.807, 2.05) is 28.8 Å². The molecule has 0 bridgehead atoms. The number of azo groups is 1. The molecular formula is C22H26N4O3. The van der Waals surface area contributed by atoms with E-state index >= 15 is 0 Å². The van der Waals surface area contributed by atoms with Crippen molar-refractivity contribution < 1.29 is 14.6 Å². The van der Waals surface area contributed by atoms with Crippen LogP contribution in [0.4, 0.5) is 5.69 Å². The van der Waals surface area contributed by atoms with Crippen molar-refractivity contribution in [3.63, 3.8) is 0 Å². The summed E-state index contributed by atoms with van der Waals surface area (Å²) in [6.07, 6.45) is 0. The van der Waals surface area contributed by atoms with Gasteiger partial charge < -0.3 is 19.3 Å². The monoisotopic (exact) mass is 394 g/mol. The number of fused-ring (bicyclic) bond motifs is 1. The van der Waals surface area contributed by atoms with E-state index in [0.29, 0.717) is 23.5 Å². The molecule has 3 rings (SSSR count). The fourth-order valence-corrected chi connectivity index (χ4v) is 3.26. The summed E-state index contributed by atoms with van der Waals surface area (Å²) in [5, 5.41) is 19.5. The van der Waals surface area contributed by atoms with E-state index in [4.69, 9.17) is 4.74 Å². The van der Waals surface area contributed by atoms with E-state index in [9.17, 15) is 9.90 Å². The summed E-state index contributed by atoms with van der Waals surface area (Å²) >= 11 is 0. The molecule has 0 aliphatic heterocycles. The van der Waals surface area contributed by atoms with Gasteiger partial charge in [0.2, 0.25) is 5.88 Å². The van der Waals surface area contributed by atoms with Crippen LogP contribution in [-0.4, -0.2) is 47.2 Å². The molecule has 2 aromatic carbocycles. The molecular weight excluding hydrogens is 368 g/mol. The standard InChI is InChI=1S/C22H26N4O3/c1-4-25(5-2)14-15-26-19-9-7-6-8-18(19)20(22(26)28)23-24-21(27)16-10-12-17(29-3)13-11-16/h6-13,28H,4-5,14-15H2,1-3H3. The van der Waals surface area contributed by atoms with E-state index in [0.717, 1.165) is 30.5 Å². The number of aromatic hydroxyl groups is 1. The van der Waals surface area contributed by atoms with Crippen LogP contribution >= 0.6 is 0 Å². The lowest BCUT2D eigenvalue weighted by Crippen LogP contribution is -2.26. The molecule has 1 aromatic heterocycles. The molecule has 0 radical (unpaired) electrons. The second-order valence-electron chi connectivity index (χ2n) is 6.60. The van der Waals surface area contributed by atoms with Crippen LogP contribution < -0.4 is 4.74 Å². The summed E-state index contributed by atoms with van der Waals surface area (Å²) in [6, 6.07) is 14.2. The number of ether oxygens (including phenoxy) is 1. The van der Waals surface area contributed by atoms with E-state index in [1.54, 1.807) is 31.4 Å². The van der Waals surface area contributed by atoms with Crippen molar-refractivity contribution in [3.8, 4) is 11.6 Å². The minimum absolute atomic E-state index is 0.0182. The van der Waals surface area contributed by atoms with Crippen LogP contribution in [0.15, 0.2) is 58.8 Å². The van der Waals surface area contributed by atoms with Gasteiger partial charge in [0.15, 0.2) is 5.69 Å². The number of nitrogens with zero attached hydrogens (tertiary/aromatic N) is 4. The lowest BCUT2D eigenvalue weighted by molar-refractivity contribution is 0.0995. The SMILES string of the molecule is CCN(CC)CCn1c(O)c(N=NC(=O)c2ccc(OC)cc2)c2ccccc21. The lowest BCUT2D eigenvalue weighted by Gasteiger charge is -2.18. The van der Waals surface area contributed by atoms with Gasteiger partial charge in [0, 0.05) is 24.0 Å². The van der Waals surface area contributed by atoms with Gasteiger partial charge >= 0.3 is 0 Å². The number of hydrogen-bond donors (Lipinski definition) is 1. The lowest BCUT2D eigenvalue weighted by atomic mass is 10.2. The number of methoxy groups -OCH3 is 1. The zero-order chi connectivity index (χ0) is 20.8. The van der Waals surface area contributed by atoms with Crippen molar-refractivity contribution in [2.45, 2.75) is 20.4 Å². The molecule has 0 aliphatic carbocycles. The van der Waals surface area contributed by atoms with E-state index in [1.165, 1.54) is 0 Å². The van der Waals surface area contributed by atoms with Gasteiger partial charge in [-0.1, -0.05) is 32.0 Å². The minimum Gasteiger partial charge on any atom is -0.497 e. The zero-order valence-corrected chi connectivity index (χ0v) is 17.0. The highest BCUT2D eigenvalue weighted by atomic mass is 16.5. The summed E-state index contributed by atoms with van der Waals surface area (Å²) < 4.78 is 6.92. The molecule has 1 amide bonds. The predicted molar refractivity (Wildman–Crippen MR) is 113 cm³/mol. The molecule has 0 saturated carbocycles. The Morgan fingerprint density at radius 1 is 1.10 bits per heavy atom. The average molecular weight is 394 g/mol. The molecule has 7 nitrogen and oxygen atoms in total. The number of carbonyl (C=O) groups is 1. The highest BCUT2D eigenvalue weighted by Crippen LogP contribution is 2.38. The molecule has 0 fully saturated rings. The normalized spacial score (nSPS) is 11.6. The molecule has 1 N–H and O–H groups in total. The predicted octanol–water partition coefficient (Wildman–Crippen LogP) is 4.62. The summed E-state index contributed by atoms with van der Waals surface area (Å²) in [6.45, 7) is 7.54. The Bertz CT molecular complexity index is 1000. The number of benzene rings is 2. The first-order chi connectivity index (χ1) is 14.1. The highest BCUT2D eigenvalue weighted by Gasteiger charge is 2.17. The van der Waals surface area contributed by atoms with Gasteiger partial charge in [0.05, 0.1) is 12.6 Å². The number of para-hydroxylation sites is 1. The molecule has 0 saturated heterocycles. The Morgan fingerprint density at radius 3 is 2.45 bits per heavy atom. The largest absolute Gasteiger partial charge is 0.497 e. The first-order valence-electron chi connectivity index (χ1n) is 9.71. The fraction of sp³-hybridized carbons (Fsp3) is 0.318. The second-order valence-corrected chi connectivity index (χ2v) is 6.60. The van der Waals surface area contributed by atoms with Gasteiger partial charge in [-0.25, -0.2) is 0 Å². The smallest absolute Gasteiger partial charge is 0.295 e. The average Bonchev–Trinajstić information content (AvgIpc) is 3.03. The fourth-order valence-electron chi connectivity index (χ4n) is 3.26. The number of amides is 1. The summed E-state index contributed by atoms with van der Waals surface area (Å²) in [4.78, 5) is 14.6. The minimum atomic E-state index is -0.480. The summed E-state index contributed by atoms with van der Waals surface area (Å²) in [7, 11) is 1.56. The Kier molecular flexibility index (Phi) is 6.61. The van der Waals surface area contributed by atoms with Gasteiger partial charge in [-0.15, -0.1) is 10.2 Å². The third-order valence-corrected chi connectivity index (χ3v) is 5.03. The highest BCUT2D eigenvalue weighted by molar-refractivity contribution is 5.97. The first-order valence-corrected chi connectivity index (χ1v) is 9.71. The third-order valence-electron chi connectivity index (χ3n) is 5.03. The Balaban J connectivity index is 1.89. The topological polar surface area (TPSA) is 79.4 Å². The Hall–Kier alpha value is -3.19.